The van der Waals surface area contributed by atoms with E-state index in [4.69, 9.17) is 9.47 Å². The van der Waals surface area contributed by atoms with Crippen LogP contribution in [0.3, 0.4) is 0 Å². The topological polar surface area (TPSA) is 59.0 Å². The van der Waals surface area contributed by atoms with Gasteiger partial charge in [-0.1, -0.05) is 20.8 Å². The van der Waals surface area contributed by atoms with Crippen molar-refractivity contribution < 1.29 is 19.4 Å². The number of benzene rings is 1. The van der Waals surface area contributed by atoms with E-state index < -0.39 is 12.0 Å². The van der Waals surface area contributed by atoms with Crippen molar-refractivity contribution in [3.05, 3.63) is 23.3 Å². The molecule has 23 heavy (non-hydrogen) atoms. The maximum absolute atomic E-state index is 11.4. The monoisotopic (exact) mass is 321 g/mol. The fourth-order valence-corrected chi connectivity index (χ4v) is 3.18. The zero-order valence-corrected chi connectivity index (χ0v) is 14.7. The molecule has 1 N–H and O–H groups in total. The Kier molecular flexibility index (Phi) is 5.19. The maximum atomic E-state index is 11.4. The molecule has 5 heteroatoms. The Morgan fingerprint density at radius 2 is 1.91 bits per heavy atom. The van der Waals surface area contributed by atoms with Gasteiger partial charge in [-0.15, -0.1) is 0 Å². The lowest BCUT2D eigenvalue weighted by Crippen LogP contribution is -2.35. The molecule has 1 atom stereocenters. The van der Waals surface area contributed by atoms with Gasteiger partial charge >= 0.3 is 5.97 Å². The van der Waals surface area contributed by atoms with Gasteiger partial charge in [0.1, 0.15) is 17.5 Å². The summed E-state index contributed by atoms with van der Waals surface area (Å²) in [6, 6.07) is 3.59. The zero-order chi connectivity index (χ0) is 17.2. The molecule has 1 fully saturated rings. The third kappa shape index (κ3) is 3.78. The van der Waals surface area contributed by atoms with Gasteiger partial charge in [0.25, 0.3) is 0 Å². The predicted molar refractivity (Wildman–Crippen MR) is 89.3 cm³/mol. The van der Waals surface area contributed by atoms with E-state index in [1.54, 1.807) is 14.2 Å². The fraction of sp³-hybridized carbons (Fsp3) is 0.611. The number of carbonyl (C=O) groups is 1. The van der Waals surface area contributed by atoms with Gasteiger partial charge < -0.3 is 14.6 Å². The normalized spacial score (nSPS) is 18.9. The Labute approximate surface area is 138 Å². The summed E-state index contributed by atoms with van der Waals surface area (Å²) in [5.74, 6) is 0.853. The second kappa shape index (κ2) is 6.79. The van der Waals surface area contributed by atoms with Crippen LogP contribution in [0.25, 0.3) is 0 Å². The first kappa shape index (κ1) is 17.6. The minimum atomic E-state index is -0.750. The van der Waals surface area contributed by atoms with E-state index in [1.165, 1.54) is 0 Å². The minimum absolute atomic E-state index is 0.0611. The van der Waals surface area contributed by atoms with E-state index in [0.717, 1.165) is 35.6 Å². The molecule has 0 saturated carbocycles. The summed E-state index contributed by atoms with van der Waals surface area (Å²) in [5.41, 5.74) is 1.98. The van der Waals surface area contributed by atoms with Crippen LogP contribution in [0.2, 0.25) is 0 Å². The van der Waals surface area contributed by atoms with E-state index >= 15 is 0 Å². The Balaban J connectivity index is 2.37. The van der Waals surface area contributed by atoms with E-state index in [2.05, 4.69) is 20.8 Å². The molecule has 1 unspecified atom stereocenters. The summed E-state index contributed by atoms with van der Waals surface area (Å²) in [6.45, 7) is 7.74. The van der Waals surface area contributed by atoms with Gasteiger partial charge in [0.2, 0.25) is 0 Å². The highest BCUT2D eigenvalue weighted by atomic mass is 16.5. The Hall–Kier alpha value is -1.75. The lowest BCUT2D eigenvalue weighted by molar-refractivity contribution is -0.142. The number of methoxy groups -OCH3 is 2. The number of hydrogen-bond acceptors (Lipinski definition) is 4. The number of likely N-dealkylation sites (tertiary alicyclic amines) is 1. The van der Waals surface area contributed by atoms with Crippen LogP contribution < -0.4 is 9.47 Å². The number of hydrogen-bond donors (Lipinski definition) is 1. The highest BCUT2D eigenvalue weighted by Gasteiger charge is 2.31. The largest absolute Gasteiger partial charge is 0.496 e. The number of carboxylic acid groups (broad SMARTS) is 1. The van der Waals surface area contributed by atoms with Crippen LogP contribution in [0.4, 0.5) is 0 Å². The molecule has 0 aromatic heterocycles. The Bertz CT molecular complexity index is 577. The van der Waals surface area contributed by atoms with Crippen LogP contribution in [-0.4, -0.2) is 42.8 Å². The molecule has 1 saturated heterocycles. The second-order valence-electron chi connectivity index (χ2n) is 7.08. The fourth-order valence-electron chi connectivity index (χ4n) is 3.18. The van der Waals surface area contributed by atoms with Gasteiger partial charge in [0.05, 0.1) is 14.2 Å². The molecule has 1 aromatic rings. The summed E-state index contributed by atoms with van der Waals surface area (Å²) >= 11 is 0. The van der Waals surface area contributed by atoms with Crippen molar-refractivity contribution in [2.24, 2.45) is 0 Å². The molecule has 0 radical (unpaired) electrons. The van der Waals surface area contributed by atoms with Crippen molar-refractivity contribution in [2.45, 2.75) is 51.6 Å². The molecule has 1 aromatic carbocycles. The molecule has 1 aliphatic rings. The van der Waals surface area contributed by atoms with Crippen molar-refractivity contribution in [2.75, 3.05) is 20.8 Å². The number of ether oxygens (including phenoxy) is 2. The highest BCUT2D eigenvalue weighted by molar-refractivity contribution is 5.73. The predicted octanol–water partition coefficient (Wildman–Crippen LogP) is 3.05. The zero-order valence-electron chi connectivity index (χ0n) is 14.7. The summed E-state index contributed by atoms with van der Waals surface area (Å²) in [4.78, 5) is 13.4. The average Bonchev–Trinajstić information content (AvgIpc) is 2.94. The van der Waals surface area contributed by atoms with Crippen LogP contribution in [0.5, 0.6) is 11.5 Å². The van der Waals surface area contributed by atoms with E-state index in [1.807, 2.05) is 17.0 Å². The van der Waals surface area contributed by atoms with E-state index in [-0.39, 0.29) is 5.41 Å². The lowest BCUT2D eigenvalue weighted by Gasteiger charge is -2.26. The standard InChI is InChI=1S/C18H27NO4/c1-18(2,3)13-10-15(22-4)12(9-16(13)23-5)11-19-8-6-7-14(19)17(20)21/h9-10,14H,6-8,11H2,1-5H3,(H,20,21). The molecule has 0 spiro atoms. The molecular formula is C18H27NO4. The van der Waals surface area contributed by atoms with Crippen molar-refractivity contribution in [3.8, 4) is 11.5 Å². The van der Waals surface area contributed by atoms with E-state index in [9.17, 15) is 9.90 Å². The number of aliphatic carboxylic acids is 1. The van der Waals surface area contributed by atoms with Gasteiger partial charge in [0, 0.05) is 17.7 Å². The molecule has 1 aliphatic heterocycles. The first-order valence-corrected chi connectivity index (χ1v) is 8.00. The van der Waals surface area contributed by atoms with Crippen LogP contribution in [-0.2, 0) is 16.8 Å². The maximum Gasteiger partial charge on any atom is 0.320 e. The molecule has 2 rings (SSSR count). The number of rotatable bonds is 5. The van der Waals surface area contributed by atoms with Crippen molar-refractivity contribution in [1.82, 2.24) is 4.90 Å². The summed E-state index contributed by atoms with van der Waals surface area (Å²) < 4.78 is 11.1. The third-order valence-electron chi connectivity index (χ3n) is 4.43. The lowest BCUT2D eigenvalue weighted by atomic mass is 9.85. The van der Waals surface area contributed by atoms with Crippen molar-refractivity contribution >= 4 is 5.97 Å². The van der Waals surface area contributed by atoms with Gasteiger partial charge in [-0.2, -0.15) is 0 Å². The number of nitrogens with zero attached hydrogens (tertiary/aromatic N) is 1. The molecule has 128 valence electrons. The van der Waals surface area contributed by atoms with Crippen LogP contribution in [0.15, 0.2) is 12.1 Å². The van der Waals surface area contributed by atoms with Crippen LogP contribution in [0, 0.1) is 0 Å². The van der Waals surface area contributed by atoms with E-state index in [0.29, 0.717) is 13.0 Å². The second-order valence-corrected chi connectivity index (χ2v) is 7.08. The van der Waals surface area contributed by atoms with Crippen molar-refractivity contribution in [1.29, 1.82) is 0 Å². The molecule has 1 heterocycles. The minimum Gasteiger partial charge on any atom is -0.496 e. The first-order chi connectivity index (χ1) is 10.8. The van der Waals surface area contributed by atoms with Gasteiger partial charge in [-0.25, -0.2) is 0 Å². The summed E-state index contributed by atoms with van der Waals surface area (Å²) in [7, 11) is 3.31. The number of carboxylic acids is 1. The summed E-state index contributed by atoms with van der Waals surface area (Å²) in [6.07, 6.45) is 1.62. The van der Waals surface area contributed by atoms with Gasteiger partial charge in [0.15, 0.2) is 0 Å². The first-order valence-electron chi connectivity index (χ1n) is 8.00. The quantitative estimate of drug-likeness (QED) is 0.903. The SMILES string of the molecule is COc1cc(C(C)(C)C)c(OC)cc1CN1CCCC1C(=O)O. The van der Waals surface area contributed by atoms with Gasteiger partial charge in [-0.05, 0) is 36.9 Å². The molecule has 0 amide bonds. The Morgan fingerprint density at radius 1 is 1.26 bits per heavy atom. The highest BCUT2D eigenvalue weighted by Crippen LogP contribution is 2.37. The average molecular weight is 321 g/mol. The van der Waals surface area contributed by atoms with Crippen LogP contribution >= 0.6 is 0 Å². The third-order valence-corrected chi connectivity index (χ3v) is 4.43. The molecular weight excluding hydrogens is 294 g/mol. The smallest absolute Gasteiger partial charge is 0.320 e. The molecule has 5 nitrogen and oxygen atoms in total. The Morgan fingerprint density at radius 3 is 2.43 bits per heavy atom. The van der Waals surface area contributed by atoms with Gasteiger partial charge in [-0.3, -0.25) is 9.69 Å². The summed E-state index contributed by atoms with van der Waals surface area (Å²) in [5, 5.41) is 9.34. The molecule has 0 aliphatic carbocycles. The van der Waals surface area contributed by atoms with Crippen molar-refractivity contribution in [3.63, 3.8) is 0 Å². The molecule has 0 bridgehead atoms. The van der Waals surface area contributed by atoms with Crippen LogP contribution in [0.1, 0.15) is 44.7 Å².